The third kappa shape index (κ3) is 1.64. The van der Waals surface area contributed by atoms with E-state index in [4.69, 9.17) is 0 Å². The van der Waals surface area contributed by atoms with Crippen LogP contribution in [0.3, 0.4) is 0 Å². The highest BCUT2D eigenvalue weighted by Crippen LogP contribution is 2.81. The molecule has 0 aromatic heterocycles. The Labute approximate surface area is 111 Å². The van der Waals surface area contributed by atoms with Crippen LogP contribution in [0.25, 0.3) is 0 Å². The molecule has 0 aromatic carbocycles. The minimum absolute atomic E-state index is 0.114. The zero-order valence-electron chi connectivity index (χ0n) is 11.4. The van der Waals surface area contributed by atoms with Crippen molar-refractivity contribution in [3.63, 3.8) is 0 Å². The molecule has 4 rings (SSSR count). The van der Waals surface area contributed by atoms with E-state index in [2.05, 4.69) is 13.8 Å². The fourth-order valence-electron chi connectivity index (χ4n) is 4.37. The summed E-state index contributed by atoms with van der Waals surface area (Å²) in [6.07, 6.45) is -0.0799. The molecule has 0 aliphatic heterocycles. The summed E-state index contributed by atoms with van der Waals surface area (Å²) < 4.78 is 38.7. The molecule has 1 nitrogen and oxygen atoms in total. The fraction of sp³-hybridized carbons (Fsp3) is 0.800. The summed E-state index contributed by atoms with van der Waals surface area (Å²) in [6, 6.07) is 0. The van der Waals surface area contributed by atoms with Gasteiger partial charge in [-0.3, -0.25) is 4.79 Å². The molecule has 0 radical (unpaired) electrons. The molecular weight excluding hydrogens is 253 g/mol. The van der Waals surface area contributed by atoms with Gasteiger partial charge in [-0.25, -0.2) is 0 Å². The van der Waals surface area contributed by atoms with Crippen LogP contribution < -0.4 is 0 Å². The normalized spacial score (nSPS) is 40.5. The van der Waals surface area contributed by atoms with Crippen molar-refractivity contribution in [1.29, 1.82) is 0 Å². The van der Waals surface area contributed by atoms with Crippen LogP contribution in [0.15, 0.2) is 11.1 Å². The monoisotopic (exact) mass is 272 g/mol. The summed E-state index contributed by atoms with van der Waals surface area (Å²) in [5, 5.41) is 0. The Morgan fingerprint density at radius 2 is 1.74 bits per heavy atom. The van der Waals surface area contributed by atoms with Gasteiger partial charge in [0.2, 0.25) is 0 Å². The molecule has 4 aliphatic carbocycles. The van der Waals surface area contributed by atoms with Crippen LogP contribution >= 0.6 is 0 Å². The van der Waals surface area contributed by atoms with Crippen molar-refractivity contribution in [3.8, 4) is 0 Å². The van der Waals surface area contributed by atoms with Gasteiger partial charge in [0, 0.05) is 0 Å². The lowest BCUT2D eigenvalue weighted by atomic mass is 9.32. The quantitative estimate of drug-likeness (QED) is 0.680. The second-order valence-electron chi connectivity index (χ2n) is 7.55. The average Bonchev–Trinajstić information content (AvgIpc) is 2.09. The van der Waals surface area contributed by atoms with Crippen molar-refractivity contribution in [2.75, 3.05) is 0 Å². The van der Waals surface area contributed by atoms with Gasteiger partial charge < -0.3 is 0 Å². The predicted octanol–water partition coefficient (Wildman–Crippen LogP) is 4.42. The van der Waals surface area contributed by atoms with Crippen molar-refractivity contribution in [1.82, 2.24) is 0 Å². The van der Waals surface area contributed by atoms with E-state index >= 15 is 0 Å². The van der Waals surface area contributed by atoms with E-state index in [1.807, 2.05) is 0 Å². The van der Waals surface area contributed by atoms with Crippen molar-refractivity contribution in [2.45, 2.75) is 58.5 Å². The maximum absolute atomic E-state index is 12.9. The molecule has 4 aliphatic rings. The first-order valence-corrected chi connectivity index (χ1v) is 6.88. The summed E-state index contributed by atoms with van der Waals surface area (Å²) in [5.74, 6) is 0. The zero-order valence-corrected chi connectivity index (χ0v) is 11.4. The third-order valence-electron chi connectivity index (χ3n) is 5.53. The first-order chi connectivity index (χ1) is 8.63. The van der Waals surface area contributed by atoms with Crippen molar-refractivity contribution in [3.05, 3.63) is 11.1 Å². The van der Waals surface area contributed by atoms with Gasteiger partial charge >= 0.3 is 6.18 Å². The number of rotatable bonds is 2. The Bertz CT molecular complexity index is 450. The molecule has 4 heteroatoms. The van der Waals surface area contributed by atoms with E-state index in [9.17, 15) is 18.0 Å². The maximum Gasteiger partial charge on any atom is 0.394 e. The van der Waals surface area contributed by atoms with Crippen LogP contribution in [-0.2, 0) is 4.79 Å². The van der Waals surface area contributed by atoms with E-state index in [0.29, 0.717) is 0 Å². The number of aldehydes is 1. The number of hydrogen-bond acceptors (Lipinski definition) is 1. The minimum atomic E-state index is -4.07. The van der Waals surface area contributed by atoms with Gasteiger partial charge in [-0.15, -0.1) is 0 Å². The lowest BCUT2D eigenvalue weighted by Crippen LogP contribution is -2.69. The Morgan fingerprint density at radius 3 is 2.21 bits per heavy atom. The highest BCUT2D eigenvalue weighted by atomic mass is 19.4. The second-order valence-corrected chi connectivity index (χ2v) is 7.55. The molecule has 0 atom stereocenters. The molecule has 0 saturated heterocycles. The highest BCUT2D eigenvalue weighted by Gasteiger charge is 2.79. The molecule has 0 heterocycles. The fourth-order valence-corrected chi connectivity index (χ4v) is 4.37. The van der Waals surface area contributed by atoms with Crippen LogP contribution in [0.2, 0.25) is 0 Å². The average molecular weight is 272 g/mol. The molecule has 3 saturated carbocycles. The predicted molar refractivity (Wildman–Crippen MR) is 65.5 cm³/mol. The Morgan fingerprint density at radius 1 is 1.16 bits per heavy atom. The lowest BCUT2D eigenvalue weighted by Gasteiger charge is -2.72. The Hall–Kier alpha value is -0.800. The van der Waals surface area contributed by atoms with Crippen molar-refractivity contribution in [2.24, 2.45) is 16.2 Å². The molecule has 0 spiro atoms. The number of halogens is 3. The van der Waals surface area contributed by atoms with Gasteiger partial charge in [0.25, 0.3) is 0 Å². The van der Waals surface area contributed by atoms with E-state index in [0.717, 1.165) is 36.7 Å². The van der Waals surface area contributed by atoms with Gasteiger partial charge in [0.15, 0.2) is 0 Å². The summed E-state index contributed by atoms with van der Waals surface area (Å²) in [4.78, 5) is 11.2. The molecular formula is C15H19F3O. The summed E-state index contributed by atoms with van der Waals surface area (Å²) >= 11 is 0. The lowest BCUT2D eigenvalue weighted by molar-refractivity contribution is -0.353. The van der Waals surface area contributed by atoms with Gasteiger partial charge in [-0.05, 0) is 54.9 Å². The molecule has 0 aromatic rings. The second kappa shape index (κ2) is 3.44. The number of allylic oxidation sites excluding steroid dienone is 2. The number of carbonyl (C=O) groups is 1. The van der Waals surface area contributed by atoms with E-state index in [-0.39, 0.29) is 30.1 Å². The summed E-state index contributed by atoms with van der Waals surface area (Å²) in [7, 11) is 0. The number of alkyl halides is 3. The van der Waals surface area contributed by atoms with E-state index in [1.54, 1.807) is 0 Å². The summed E-state index contributed by atoms with van der Waals surface area (Å²) in [5.41, 5.74) is 0.237. The molecule has 19 heavy (non-hydrogen) atoms. The minimum Gasteiger partial charge on any atom is -0.298 e. The topological polar surface area (TPSA) is 17.1 Å². The Kier molecular flexibility index (Phi) is 2.39. The van der Waals surface area contributed by atoms with Crippen LogP contribution in [0.1, 0.15) is 52.4 Å². The summed E-state index contributed by atoms with van der Waals surface area (Å²) in [6.45, 7) is 4.28. The number of carbonyl (C=O) groups excluding carboxylic acids is 1. The molecule has 0 N–H and O–H groups in total. The van der Waals surface area contributed by atoms with E-state index < -0.39 is 11.6 Å². The van der Waals surface area contributed by atoms with Crippen LogP contribution in [-0.4, -0.2) is 12.5 Å². The molecule has 0 unspecified atom stereocenters. The first kappa shape index (κ1) is 13.2. The van der Waals surface area contributed by atoms with Gasteiger partial charge in [0.1, 0.15) is 6.29 Å². The van der Waals surface area contributed by atoms with E-state index in [1.165, 1.54) is 0 Å². The van der Waals surface area contributed by atoms with Crippen LogP contribution in [0.4, 0.5) is 13.2 Å². The first-order valence-electron chi connectivity index (χ1n) is 6.88. The standard InChI is InChI=1S/C15H19F3O/c1-12(2)4-3-10(6-19)11(5-12)13-7-14(8-13,9-13)15(16,17)18/h6H,3-5,7-9H2,1-2H3. The van der Waals surface area contributed by atoms with Gasteiger partial charge in [0.05, 0.1) is 5.41 Å². The SMILES string of the molecule is CC1(C)CCC(C=O)=C(C23CC(C(F)(F)F)(C2)C3)C1. The third-order valence-corrected chi connectivity index (χ3v) is 5.53. The largest absolute Gasteiger partial charge is 0.394 e. The van der Waals surface area contributed by atoms with Gasteiger partial charge in [-0.1, -0.05) is 19.4 Å². The number of hydrogen-bond donors (Lipinski definition) is 0. The van der Waals surface area contributed by atoms with Crippen LogP contribution in [0, 0.1) is 16.2 Å². The van der Waals surface area contributed by atoms with Crippen molar-refractivity contribution < 1.29 is 18.0 Å². The maximum atomic E-state index is 12.9. The van der Waals surface area contributed by atoms with Crippen LogP contribution in [0.5, 0.6) is 0 Å². The highest BCUT2D eigenvalue weighted by molar-refractivity contribution is 5.76. The molecule has 0 amide bonds. The molecule has 2 bridgehead atoms. The Balaban J connectivity index is 1.85. The smallest absolute Gasteiger partial charge is 0.298 e. The molecule has 3 fully saturated rings. The molecule has 106 valence electrons. The van der Waals surface area contributed by atoms with Crippen molar-refractivity contribution >= 4 is 6.29 Å². The zero-order chi connectivity index (χ0) is 14.1. The van der Waals surface area contributed by atoms with Gasteiger partial charge in [-0.2, -0.15) is 13.2 Å².